The van der Waals surface area contributed by atoms with Crippen LogP contribution in [0.15, 0.2) is 4.52 Å². The number of nitrogens with two attached hydrogens (primary N) is 1. The summed E-state index contributed by atoms with van der Waals surface area (Å²) in [6, 6.07) is 0. The SMILES string of the molecule is Cl.NC1(c2noc(CN3CSCC3=O)n2)CCCC1. The Hall–Kier alpha value is -0.790. The van der Waals surface area contributed by atoms with Crippen LogP contribution in [-0.4, -0.2) is 32.6 Å². The lowest BCUT2D eigenvalue weighted by Gasteiger charge is -2.17. The number of hydrogen-bond donors (Lipinski definition) is 1. The topological polar surface area (TPSA) is 85.2 Å². The Labute approximate surface area is 121 Å². The normalized spacial score (nSPS) is 21.7. The minimum Gasteiger partial charge on any atom is -0.337 e. The first kappa shape index (κ1) is 14.6. The maximum absolute atomic E-state index is 11.5. The van der Waals surface area contributed by atoms with Crippen LogP contribution in [0, 0.1) is 0 Å². The van der Waals surface area contributed by atoms with Crippen molar-refractivity contribution in [1.29, 1.82) is 0 Å². The molecule has 1 aromatic heterocycles. The average Bonchev–Trinajstić information content (AvgIpc) is 3.03. The molecule has 2 N–H and O–H groups in total. The Morgan fingerprint density at radius 1 is 1.42 bits per heavy atom. The minimum absolute atomic E-state index is 0. The lowest BCUT2D eigenvalue weighted by Crippen LogP contribution is -2.34. The minimum atomic E-state index is -0.425. The number of amides is 1. The van der Waals surface area contributed by atoms with Crippen LogP contribution in [0.4, 0.5) is 0 Å². The quantitative estimate of drug-likeness (QED) is 0.904. The van der Waals surface area contributed by atoms with E-state index in [2.05, 4.69) is 10.1 Å². The van der Waals surface area contributed by atoms with Crippen LogP contribution in [0.25, 0.3) is 0 Å². The van der Waals surface area contributed by atoms with Crippen LogP contribution in [-0.2, 0) is 16.9 Å². The van der Waals surface area contributed by atoms with E-state index in [1.54, 1.807) is 16.7 Å². The summed E-state index contributed by atoms with van der Waals surface area (Å²) in [5.41, 5.74) is 5.83. The van der Waals surface area contributed by atoms with Gasteiger partial charge < -0.3 is 15.2 Å². The molecule has 0 unspecified atom stereocenters. The van der Waals surface area contributed by atoms with Gasteiger partial charge in [-0.1, -0.05) is 18.0 Å². The van der Waals surface area contributed by atoms with Gasteiger partial charge in [0, 0.05) is 0 Å². The highest BCUT2D eigenvalue weighted by atomic mass is 35.5. The maximum Gasteiger partial charge on any atom is 0.246 e. The molecular weight excluding hydrogens is 288 g/mol. The third kappa shape index (κ3) is 2.88. The Bertz CT molecular complexity index is 461. The molecule has 0 spiro atoms. The molecule has 1 aromatic rings. The van der Waals surface area contributed by atoms with Crippen LogP contribution < -0.4 is 5.73 Å². The predicted molar refractivity (Wildman–Crippen MR) is 73.8 cm³/mol. The third-order valence-electron chi connectivity index (χ3n) is 3.56. The fourth-order valence-corrected chi connectivity index (χ4v) is 3.36. The highest BCUT2D eigenvalue weighted by molar-refractivity contribution is 8.00. The van der Waals surface area contributed by atoms with Crippen molar-refractivity contribution < 1.29 is 9.32 Å². The van der Waals surface area contributed by atoms with Gasteiger partial charge in [-0.3, -0.25) is 4.79 Å². The molecule has 1 aliphatic carbocycles. The van der Waals surface area contributed by atoms with E-state index in [-0.39, 0.29) is 18.3 Å². The van der Waals surface area contributed by atoms with E-state index >= 15 is 0 Å². The lowest BCUT2D eigenvalue weighted by atomic mass is 9.99. The molecule has 6 nitrogen and oxygen atoms in total. The van der Waals surface area contributed by atoms with Crippen LogP contribution in [0.2, 0.25) is 0 Å². The molecule has 1 saturated carbocycles. The standard InChI is InChI=1S/C11H16N4O2S.ClH/c12-11(3-1-2-4-11)10-13-8(17-14-10)5-15-7-18-6-9(15)16;/h1-7,12H2;1H. The number of halogens is 1. The van der Waals surface area contributed by atoms with Crippen LogP contribution in [0.1, 0.15) is 37.4 Å². The zero-order valence-corrected chi connectivity index (χ0v) is 12.1. The molecule has 1 aliphatic heterocycles. The highest BCUT2D eigenvalue weighted by Gasteiger charge is 2.36. The Morgan fingerprint density at radius 2 is 2.16 bits per heavy atom. The van der Waals surface area contributed by atoms with Crippen LogP contribution in [0.3, 0.4) is 0 Å². The van der Waals surface area contributed by atoms with Gasteiger partial charge in [0.25, 0.3) is 0 Å². The van der Waals surface area contributed by atoms with Crippen molar-refractivity contribution >= 4 is 30.1 Å². The van der Waals surface area contributed by atoms with E-state index in [1.807, 2.05) is 0 Å². The average molecular weight is 305 g/mol. The van der Waals surface area contributed by atoms with Gasteiger partial charge in [0.15, 0.2) is 5.82 Å². The van der Waals surface area contributed by atoms with Gasteiger partial charge in [-0.25, -0.2) is 0 Å². The van der Waals surface area contributed by atoms with Crippen molar-refractivity contribution in [3.63, 3.8) is 0 Å². The van der Waals surface area contributed by atoms with Crippen LogP contribution in [0.5, 0.6) is 0 Å². The van der Waals surface area contributed by atoms with Gasteiger partial charge in [-0.05, 0) is 12.8 Å². The number of nitrogens with zero attached hydrogens (tertiary/aromatic N) is 3. The first-order valence-corrected chi connectivity index (χ1v) is 7.30. The first-order chi connectivity index (χ1) is 8.67. The number of hydrogen-bond acceptors (Lipinski definition) is 6. The maximum atomic E-state index is 11.5. The molecule has 8 heteroatoms. The Kier molecular flexibility index (Phi) is 4.37. The van der Waals surface area contributed by atoms with E-state index in [0.29, 0.717) is 29.9 Å². The monoisotopic (exact) mass is 304 g/mol. The molecular formula is C11H17ClN4O2S. The van der Waals surface area contributed by atoms with E-state index in [1.165, 1.54) is 0 Å². The summed E-state index contributed by atoms with van der Waals surface area (Å²) in [4.78, 5) is 17.6. The van der Waals surface area contributed by atoms with E-state index < -0.39 is 5.54 Å². The molecule has 2 heterocycles. The molecule has 106 valence electrons. The summed E-state index contributed by atoms with van der Waals surface area (Å²) in [5, 5.41) is 3.98. The van der Waals surface area contributed by atoms with E-state index in [4.69, 9.17) is 10.3 Å². The van der Waals surface area contributed by atoms with Crippen molar-refractivity contribution in [3.05, 3.63) is 11.7 Å². The lowest BCUT2D eigenvalue weighted by molar-refractivity contribution is -0.127. The number of aromatic nitrogens is 2. The molecule has 3 rings (SSSR count). The zero-order valence-electron chi connectivity index (χ0n) is 10.5. The van der Waals surface area contributed by atoms with Crippen molar-refractivity contribution in [1.82, 2.24) is 15.0 Å². The second-order valence-electron chi connectivity index (χ2n) is 4.94. The second kappa shape index (κ2) is 5.68. The third-order valence-corrected chi connectivity index (χ3v) is 4.51. The molecule has 0 aromatic carbocycles. The summed E-state index contributed by atoms with van der Waals surface area (Å²) < 4.78 is 5.21. The first-order valence-electron chi connectivity index (χ1n) is 6.15. The number of rotatable bonds is 3. The Morgan fingerprint density at radius 3 is 2.79 bits per heavy atom. The number of carbonyl (C=O) groups excluding carboxylic acids is 1. The Balaban J connectivity index is 0.00000133. The molecule has 2 aliphatic rings. The summed E-state index contributed by atoms with van der Waals surface area (Å²) in [5.74, 6) is 2.45. The zero-order chi connectivity index (χ0) is 12.6. The van der Waals surface area contributed by atoms with Gasteiger partial charge in [-0.15, -0.1) is 24.2 Å². The fraction of sp³-hybridized carbons (Fsp3) is 0.727. The molecule has 1 saturated heterocycles. The fourth-order valence-electron chi connectivity index (χ4n) is 2.45. The summed E-state index contributed by atoms with van der Waals surface area (Å²) in [6.07, 6.45) is 4.04. The van der Waals surface area contributed by atoms with Gasteiger partial charge in [0.1, 0.15) is 6.54 Å². The van der Waals surface area contributed by atoms with Gasteiger partial charge in [0.05, 0.1) is 17.2 Å². The summed E-state index contributed by atoms with van der Waals surface area (Å²) in [6.45, 7) is 0.398. The molecule has 0 bridgehead atoms. The number of thioether (sulfide) groups is 1. The van der Waals surface area contributed by atoms with Crippen LogP contribution >= 0.6 is 24.2 Å². The van der Waals surface area contributed by atoms with Gasteiger partial charge in [0.2, 0.25) is 11.8 Å². The summed E-state index contributed by atoms with van der Waals surface area (Å²) >= 11 is 1.60. The highest BCUT2D eigenvalue weighted by Crippen LogP contribution is 2.34. The van der Waals surface area contributed by atoms with E-state index in [0.717, 1.165) is 25.7 Å². The molecule has 0 radical (unpaired) electrons. The van der Waals surface area contributed by atoms with Crippen molar-refractivity contribution in [2.75, 3.05) is 11.6 Å². The van der Waals surface area contributed by atoms with Crippen molar-refractivity contribution in [2.45, 2.75) is 37.8 Å². The second-order valence-corrected chi connectivity index (χ2v) is 5.90. The largest absolute Gasteiger partial charge is 0.337 e. The van der Waals surface area contributed by atoms with Crippen molar-refractivity contribution in [3.8, 4) is 0 Å². The smallest absolute Gasteiger partial charge is 0.246 e. The molecule has 2 fully saturated rings. The predicted octanol–water partition coefficient (Wildman–Crippen LogP) is 1.25. The van der Waals surface area contributed by atoms with Gasteiger partial charge >= 0.3 is 0 Å². The molecule has 19 heavy (non-hydrogen) atoms. The molecule has 0 atom stereocenters. The van der Waals surface area contributed by atoms with Gasteiger partial charge in [-0.2, -0.15) is 4.98 Å². The molecule has 1 amide bonds. The number of carbonyl (C=O) groups is 1. The van der Waals surface area contributed by atoms with Crippen molar-refractivity contribution in [2.24, 2.45) is 5.73 Å². The summed E-state index contributed by atoms with van der Waals surface area (Å²) in [7, 11) is 0. The van der Waals surface area contributed by atoms with E-state index in [9.17, 15) is 4.79 Å².